The Morgan fingerprint density at radius 2 is 2.31 bits per heavy atom. The Morgan fingerprint density at radius 3 is 3.00 bits per heavy atom. The standard InChI is InChI=1S/C8H5NO3S/c10-7-4-1-2-13-6(4)5(3-9-7)8(11)12/h1-3H,(H,9,10)(H,11,12). The third-order valence-electron chi connectivity index (χ3n) is 1.73. The van der Waals surface area contributed by atoms with Crippen molar-refractivity contribution >= 4 is 27.4 Å². The van der Waals surface area contributed by atoms with Crippen molar-refractivity contribution in [3.8, 4) is 0 Å². The SMILES string of the molecule is O=C(O)c1c[nH]c(=O)c2ccsc12. The van der Waals surface area contributed by atoms with Crippen molar-refractivity contribution in [1.29, 1.82) is 0 Å². The van der Waals surface area contributed by atoms with Crippen LogP contribution < -0.4 is 5.56 Å². The fraction of sp³-hybridized carbons (Fsp3) is 0. The van der Waals surface area contributed by atoms with Gasteiger partial charge in [0.2, 0.25) is 0 Å². The molecule has 0 aliphatic carbocycles. The highest BCUT2D eigenvalue weighted by Gasteiger charge is 2.10. The zero-order valence-electron chi connectivity index (χ0n) is 6.40. The molecule has 0 saturated carbocycles. The van der Waals surface area contributed by atoms with E-state index in [-0.39, 0.29) is 11.1 Å². The molecule has 2 heterocycles. The quantitative estimate of drug-likeness (QED) is 0.720. The smallest absolute Gasteiger partial charge is 0.338 e. The zero-order valence-corrected chi connectivity index (χ0v) is 7.22. The molecule has 0 amide bonds. The van der Waals surface area contributed by atoms with Crippen LogP contribution >= 0.6 is 11.3 Å². The average Bonchev–Trinajstić information content (AvgIpc) is 2.53. The number of rotatable bonds is 1. The molecule has 66 valence electrons. The second kappa shape index (κ2) is 2.70. The molecular formula is C8H5NO3S. The number of nitrogens with one attached hydrogen (secondary N) is 1. The van der Waals surface area contributed by atoms with Crippen LogP contribution in [0.5, 0.6) is 0 Å². The van der Waals surface area contributed by atoms with Crippen molar-refractivity contribution in [2.24, 2.45) is 0 Å². The minimum Gasteiger partial charge on any atom is -0.478 e. The molecule has 0 spiro atoms. The number of carbonyl (C=O) groups is 1. The van der Waals surface area contributed by atoms with Crippen LogP contribution in [-0.4, -0.2) is 16.1 Å². The molecule has 13 heavy (non-hydrogen) atoms. The number of thiophene rings is 1. The maximum atomic E-state index is 11.2. The van der Waals surface area contributed by atoms with Crippen LogP contribution in [0.3, 0.4) is 0 Å². The fourth-order valence-corrected chi connectivity index (χ4v) is 2.04. The molecule has 2 aromatic heterocycles. The van der Waals surface area contributed by atoms with Crippen LogP contribution in [0.25, 0.3) is 10.1 Å². The molecule has 0 aromatic carbocycles. The second-order valence-electron chi connectivity index (χ2n) is 2.50. The van der Waals surface area contributed by atoms with E-state index in [4.69, 9.17) is 5.11 Å². The van der Waals surface area contributed by atoms with Gasteiger partial charge in [0, 0.05) is 6.20 Å². The largest absolute Gasteiger partial charge is 0.478 e. The number of aromatic nitrogens is 1. The minimum absolute atomic E-state index is 0.143. The first-order chi connectivity index (χ1) is 6.20. The lowest BCUT2D eigenvalue weighted by Crippen LogP contribution is -2.08. The molecule has 0 radical (unpaired) electrons. The van der Waals surface area contributed by atoms with Crippen molar-refractivity contribution in [2.75, 3.05) is 0 Å². The highest BCUT2D eigenvalue weighted by molar-refractivity contribution is 7.17. The molecule has 0 fully saturated rings. The predicted octanol–water partition coefficient (Wildman–Crippen LogP) is 1.29. The molecule has 0 aliphatic rings. The Labute approximate surface area is 76.5 Å². The minimum atomic E-state index is -1.02. The van der Waals surface area contributed by atoms with E-state index < -0.39 is 5.97 Å². The molecule has 0 aliphatic heterocycles. The van der Waals surface area contributed by atoms with Crippen molar-refractivity contribution in [3.63, 3.8) is 0 Å². The molecule has 4 nitrogen and oxygen atoms in total. The van der Waals surface area contributed by atoms with Crippen molar-refractivity contribution < 1.29 is 9.90 Å². The Kier molecular flexibility index (Phi) is 1.66. The summed E-state index contributed by atoms with van der Waals surface area (Å²) in [7, 11) is 0. The van der Waals surface area contributed by atoms with Crippen molar-refractivity contribution in [3.05, 3.63) is 33.6 Å². The predicted molar refractivity (Wildman–Crippen MR) is 49.4 cm³/mol. The van der Waals surface area contributed by atoms with Gasteiger partial charge in [-0.05, 0) is 11.4 Å². The summed E-state index contributed by atoms with van der Waals surface area (Å²) < 4.78 is 0.524. The average molecular weight is 195 g/mol. The van der Waals surface area contributed by atoms with Gasteiger partial charge in [0.05, 0.1) is 15.6 Å². The Bertz CT molecular complexity index is 525. The summed E-state index contributed by atoms with van der Waals surface area (Å²) in [5, 5.41) is 10.9. The number of pyridine rings is 1. The van der Waals surface area contributed by atoms with E-state index in [0.717, 1.165) is 0 Å². The van der Waals surface area contributed by atoms with Gasteiger partial charge in [0.1, 0.15) is 0 Å². The van der Waals surface area contributed by atoms with E-state index in [9.17, 15) is 9.59 Å². The molecule has 2 rings (SSSR count). The number of carboxylic acids is 1. The highest BCUT2D eigenvalue weighted by atomic mass is 32.1. The van der Waals surface area contributed by atoms with Crippen LogP contribution in [0.1, 0.15) is 10.4 Å². The van der Waals surface area contributed by atoms with E-state index in [1.54, 1.807) is 11.4 Å². The Morgan fingerprint density at radius 1 is 1.54 bits per heavy atom. The van der Waals surface area contributed by atoms with Gasteiger partial charge < -0.3 is 10.1 Å². The number of fused-ring (bicyclic) bond motifs is 1. The first-order valence-corrected chi connectivity index (χ1v) is 4.40. The van der Waals surface area contributed by atoms with E-state index in [2.05, 4.69) is 4.98 Å². The zero-order chi connectivity index (χ0) is 9.42. The fourth-order valence-electron chi connectivity index (χ4n) is 1.14. The van der Waals surface area contributed by atoms with Gasteiger partial charge >= 0.3 is 5.97 Å². The van der Waals surface area contributed by atoms with Gasteiger partial charge in [0.25, 0.3) is 5.56 Å². The first-order valence-electron chi connectivity index (χ1n) is 3.52. The molecule has 0 saturated heterocycles. The topological polar surface area (TPSA) is 70.2 Å². The molecule has 5 heteroatoms. The maximum absolute atomic E-state index is 11.2. The summed E-state index contributed by atoms with van der Waals surface area (Å²) in [5.74, 6) is -1.02. The van der Waals surface area contributed by atoms with Crippen LogP contribution in [0, 0.1) is 0 Å². The van der Waals surface area contributed by atoms with Crippen LogP contribution in [0.4, 0.5) is 0 Å². The number of carboxylic acid groups (broad SMARTS) is 1. The van der Waals surface area contributed by atoms with Gasteiger partial charge in [-0.2, -0.15) is 0 Å². The number of H-pyrrole nitrogens is 1. The third kappa shape index (κ3) is 1.13. The molecular weight excluding hydrogens is 190 g/mol. The lowest BCUT2D eigenvalue weighted by atomic mass is 10.2. The van der Waals surface area contributed by atoms with E-state index in [0.29, 0.717) is 10.1 Å². The summed E-state index contributed by atoms with van der Waals surface area (Å²) in [4.78, 5) is 24.3. The second-order valence-corrected chi connectivity index (χ2v) is 3.42. The van der Waals surface area contributed by atoms with Gasteiger partial charge in [0.15, 0.2) is 0 Å². The van der Waals surface area contributed by atoms with E-state index in [1.165, 1.54) is 17.5 Å². The lowest BCUT2D eigenvalue weighted by Gasteiger charge is -1.94. The van der Waals surface area contributed by atoms with E-state index >= 15 is 0 Å². The first kappa shape index (κ1) is 8.00. The summed E-state index contributed by atoms with van der Waals surface area (Å²) in [6.07, 6.45) is 1.23. The third-order valence-corrected chi connectivity index (χ3v) is 2.68. The number of aromatic carboxylic acids is 1. The molecule has 0 atom stereocenters. The number of hydrogen-bond acceptors (Lipinski definition) is 3. The van der Waals surface area contributed by atoms with Crippen molar-refractivity contribution in [1.82, 2.24) is 4.98 Å². The molecule has 2 N–H and O–H groups in total. The normalized spacial score (nSPS) is 10.5. The Hall–Kier alpha value is -1.62. The molecule has 0 bridgehead atoms. The molecule has 2 aromatic rings. The van der Waals surface area contributed by atoms with E-state index in [1.807, 2.05) is 0 Å². The van der Waals surface area contributed by atoms with Gasteiger partial charge in [-0.1, -0.05) is 0 Å². The van der Waals surface area contributed by atoms with Gasteiger partial charge in [-0.3, -0.25) is 4.79 Å². The molecule has 0 unspecified atom stereocenters. The van der Waals surface area contributed by atoms with Crippen LogP contribution in [0.15, 0.2) is 22.4 Å². The summed E-state index contributed by atoms with van der Waals surface area (Å²) >= 11 is 1.26. The van der Waals surface area contributed by atoms with Crippen LogP contribution in [-0.2, 0) is 0 Å². The van der Waals surface area contributed by atoms with Gasteiger partial charge in [-0.15, -0.1) is 11.3 Å². The van der Waals surface area contributed by atoms with Crippen LogP contribution in [0.2, 0.25) is 0 Å². The maximum Gasteiger partial charge on any atom is 0.338 e. The highest BCUT2D eigenvalue weighted by Crippen LogP contribution is 2.20. The summed E-state index contributed by atoms with van der Waals surface area (Å²) in [5.41, 5.74) is -0.106. The van der Waals surface area contributed by atoms with Gasteiger partial charge in [-0.25, -0.2) is 4.79 Å². The van der Waals surface area contributed by atoms with Crippen molar-refractivity contribution in [2.45, 2.75) is 0 Å². The number of aromatic amines is 1. The number of hydrogen-bond donors (Lipinski definition) is 2. The monoisotopic (exact) mass is 195 g/mol. The lowest BCUT2D eigenvalue weighted by molar-refractivity contribution is 0.0699. The summed E-state index contributed by atoms with van der Waals surface area (Å²) in [6, 6.07) is 1.62. The Balaban J connectivity index is 2.94. The summed E-state index contributed by atoms with van der Waals surface area (Å²) in [6.45, 7) is 0.